The summed E-state index contributed by atoms with van der Waals surface area (Å²) in [5.41, 5.74) is 0. The van der Waals surface area contributed by atoms with E-state index in [2.05, 4.69) is 15.5 Å². The first-order valence-electron chi connectivity index (χ1n) is 6.36. The number of thioether (sulfide) groups is 1. The van der Waals surface area contributed by atoms with Gasteiger partial charge in [0.2, 0.25) is 16.9 Å². The molecule has 1 unspecified atom stereocenters. The number of hydrogen-bond acceptors (Lipinski definition) is 6. The van der Waals surface area contributed by atoms with Gasteiger partial charge in [-0.2, -0.15) is 0 Å². The first-order chi connectivity index (χ1) is 9.65. The van der Waals surface area contributed by atoms with Crippen molar-refractivity contribution in [3.05, 3.63) is 18.4 Å². The Labute approximate surface area is 119 Å². The van der Waals surface area contributed by atoms with Crippen LogP contribution >= 0.6 is 11.8 Å². The number of amides is 1. The van der Waals surface area contributed by atoms with Crippen LogP contribution < -0.4 is 11.2 Å². The summed E-state index contributed by atoms with van der Waals surface area (Å²) in [6.45, 7) is 1.82. The van der Waals surface area contributed by atoms with E-state index in [0.717, 1.165) is 12.8 Å². The van der Waals surface area contributed by atoms with E-state index in [1.807, 2.05) is 6.92 Å². The van der Waals surface area contributed by atoms with Crippen molar-refractivity contribution in [1.29, 1.82) is 0 Å². The maximum Gasteiger partial charge on any atom is 0.233 e. The average Bonchev–Trinajstić information content (AvgIpc) is 2.94. The van der Waals surface area contributed by atoms with Crippen LogP contribution in [0.15, 0.2) is 28.0 Å². The van der Waals surface area contributed by atoms with Crippen LogP contribution in [0, 0.1) is 0 Å². The van der Waals surface area contributed by atoms with Crippen molar-refractivity contribution in [2.45, 2.75) is 36.2 Å². The van der Waals surface area contributed by atoms with Gasteiger partial charge in [0, 0.05) is 6.04 Å². The molecular formula is C12H15N5O2S. The number of furan rings is 1. The van der Waals surface area contributed by atoms with Crippen LogP contribution in [0.1, 0.15) is 19.8 Å². The lowest BCUT2D eigenvalue weighted by Gasteiger charge is -2.10. The van der Waals surface area contributed by atoms with Gasteiger partial charge >= 0.3 is 0 Å². The van der Waals surface area contributed by atoms with Crippen LogP contribution in [-0.4, -0.2) is 32.1 Å². The van der Waals surface area contributed by atoms with Crippen LogP contribution in [0.4, 0.5) is 0 Å². The highest BCUT2D eigenvalue weighted by atomic mass is 32.2. The fraction of sp³-hybridized carbons (Fsp3) is 0.417. The minimum Gasteiger partial charge on any atom is -0.461 e. The number of nitrogens with one attached hydrogen (secondary N) is 1. The minimum absolute atomic E-state index is 0.0000450. The summed E-state index contributed by atoms with van der Waals surface area (Å²) in [7, 11) is 0. The number of carbonyl (C=O) groups excluding carboxylic acids is 1. The molecular weight excluding hydrogens is 278 g/mol. The number of carbonyl (C=O) groups is 1. The molecule has 1 atom stereocenters. The molecule has 2 heterocycles. The van der Waals surface area contributed by atoms with Gasteiger partial charge < -0.3 is 15.6 Å². The smallest absolute Gasteiger partial charge is 0.233 e. The second kappa shape index (κ2) is 5.20. The molecule has 0 bridgehead atoms. The Morgan fingerprint density at radius 1 is 1.60 bits per heavy atom. The van der Waals surface area contributed by atoms with Gasteiger partial charge in [-0.25, -0.2) is 4.68 Å². The maximum absolute atomic E-state index is 11.9. The second-order valence-electron chi connectivity index (χ2n) is 4.70. The first kappa shape index (κ1) is 13.0. The van der Waals surface area contributed by atoms with Crippen LogP contribution in [0.5, 0.6) is 0 Å². The van der Waals surface area contributed by atoms with E-state index >= 15 is 0 Å². The third kappa shape index (κ3) is 2.64. The number of nitrogens with two attached hydrogens (primary N) is 1. The van der Waals surface area contributed by atoms with Crippen LogP contribution in [0.2, 0.25) is 0 Å². The van der Waals surface area contributed by atoms with Crippen molar-refractivity contribution < 1.29 is 9.21 Å². The van der Waals surface area contributed by atoms with E-state index in [4.69, 9.17) is 10.3 Å². The second-order valence-corrected chi connectivity index (χ2v) is 6.00. The Bertz CT molecular complexity index is 605. The number of aromatic nitrogens is 3. The zero-order chi connectivity index (χ0) is 14.1. The molecule has 1 saturated carbocycles. The van der Waals surface area contributed by atoms with E-state index in [0.29, 0.717) is 22.8 Å². The molecule has 1 aliphatic rings. The van der Waals surface area contributed by atoms with Gasteiger partial charge in [-0.15, -0.1) is 10.2 Å². The van der Waals surface area contributed by atoms with E-state index in [1.165, 1.54) is 16.4 Å². The summed E-state index contributed by atoms with van der Waals surface area (Å²) in [6.07, 6.45) is 3.68. The molecule has 0 aromatic carbocycles. The predicted octanol–water partition coefficient (Wildman–Crippen LogP) is 1.01. The molecule has 2 aromatic rings. The molecule has 1 fully saturated rings. The molecule has 8 heteroatoms. The third-order valence-corrected chi connectivity index (χ3v) is 4.04. The Kier molecular flexibility index (Phi) is 3.39. The quantitative estimate of drug-likeness (QED) is 0.630. The zero-order valence-electron chi connectivity index (χ0n) is 10.9. The van der Waals surface area contributed by atoms with Crippen molar-refractivity contribution in [2.75, 3.05) is 5.84 Å². The molecule has 3 N–H and O–H groups in total. The van der Waals surface area contributed by atoms with Gasteiger partial charge in [0.05, 0.1) is 11.5 Å². The molecule has 106 valence electrons. The van der Waals surface area contributed by atoms with Crippen LogP contribution in [0.25, 0.3) is 11.6 Å². The Morgan fingerprint density at radius 2 is 2.40 bits per heavy atom. The molecule has 1 aliphatic carbocycles. The summed E-state index contributed by atoms with van der Waals surface area (Å²) in [5.74, 6) is 6.92. The summed E-state index contributed by atoms with van der Waals surface area (Å²) in [5, 5.41) is 11.1. The lowest BCUT2D eigenvalue weighted by atomic mass is 10.4. The van der Waals surface area contributed by atoms with Crippen molar-refractivity contribution in [3.8, 4) is 11.6 Å². The van der Waals surface area contributed by atoms with Crippen molar-refractivity contribution in [1.82, 2.24) is 20.2 Å². The maximum atomic E-state index is 11.9. The normalized spacial score (nSPS) is 16.1. The van der Waals surface area contributed by atoms with Gasteiger partial charge in [0.25, 0.3) is 0 Å². The highest BCUT2D eigenvalue weighted by Gasteiger charge is 2.27. The molecule has 7 nitrogen and oxygen atoms in total. The summed E-state index contributed by atoms with van der Waals surface area (Å²) in [4.78, 5) is 11.9. The molecule has 0 saturated heterocycles. The molecule has 3 rings (SSSR count). The third-order valence-electron chi connectivity index (χ3n) is 2.98. The van der Waals surface area contributed by atoms with E-state index in [1.54, 1.807) is 18.4 Å². The summed E-state index contributed by atoms with van der Waals surface area (Å²) in [6, 6.07) is 3.85. The molecule has 1 amide bonds. The standard InChI is InChI=1S/C12H15N5O2S/c1-7(11(18)14-8-4-5-8)20-12-16-15-10(17(12)13)9-3-2-6-19-9/h2-3,6-8H,4-5,13H2,1H3,(H,14,18). The van der Waals surface area contributed by atoms with Crippen molar-refractivity contribution >= 4 is 17.7 Å². The Morgan fingerprint density at radius 3 is 3.05 bits per heavy atom. The van der Waals surface area contributed by atoms with Crippen molar-refractivity contribution in [2.24, 2.45) is 0 Å². The summed E-state index contributed by atoms with van der Waals surface area (Å²) < 4.78 is 6.57. The van der Waals surface area contributed by atoms with Gasteiger partial charge in [0.15, 0.2) is 5.76 Å². The average molecular weight is 293 g/mol. The monoisotopic (exact) mass is 293 g/mol. The van der Waals surface area contributed by atoms with E-state index in [-0.39, 0.29) is 11.2 Å². The first-order valence-corrected chi connectivity index (χ1v) is 7.24. The van der Waals surface area contributed by atoms with Crippen LogP contribution in [-0.2, 0) is 4.79 Å². The molecule has 0 spiro atoms. The highest BCUT2D eigenvalue weighted by Crippen LogP contribution is 2.26. The van der Waals surface area contributed by atoms with Crippen LogP contribution in [0.3, 0.4) is 0 Å². The number of hydrogen-bond donors (Lipinski definition) is 2. The summed E-state index contributed by atoms with van der Waals surface area (Å²) >= 11 is 1.28. The van der Waals surface area contributed by atoms with Gasteiger partial charge in [-0.05, 0) is 31.9 Å². The fourth-order valence-corrected chi connectivity index (χ4v) is 2.47. The number of nitrogens with zero attached hydrogens (tertiary/aromatic N) is 3. The van der Waals surface area contributed by atoms with E-state index in [9.17, 15) is 4.79 Å². The van der Waals surface area contributed by atoms with Crippen molar-refractivity contribution in [3.63, 3.8) is 0 Å². The minimum atomic E-state index is -0.272. The van der Waals surface area contributed by atoms with Gasteiger partial charge in [-0.3, -0.25) is 4.79 Å². The Hall–Kier alpha value is -1.96. The highest BCUT2D eigenvalue weighted by molar-refractivity contribution is 8.00. The number of rotatable bonds is 5. The van der Waals surface area contributed by atoms with E-state index < -0.39 is 0 Å². The lowest BCUT2D eigenvalue weighted by Crippen LogP contribution is -2.32. The predicted molar refractivity (Wildman–Crippen MR) is 74.4 cm³/mol. The van der Waals surface area contributed by atoms with Gasteiger partial charge in [-0.1, -0.05) is 11.8 Å². The van der Waals surface area contributed by atoms with Gasteiger partial charge in [0.1, 0.15) is 0 Å². The molecule has 2 aromatic heterocycles. The Balaban J connectivity index is 1.69. The fourth-order valence-electron chi connectivity index (χ4n) is 1.69. The topological polar surface area (TPSA) is 99.0 Å². The molecule has 20 heavy (non-hydrogen) atoms. The largest absolute Gasteiger partial charge is 0.461 e. The molecule has 0 aliphatic heterocycles. The number of nitrogen functional groups attached to an aromatic ring is 1. The molecule has 0 radical (unpaired) electrons. The lowest BCUT2D eigenvalue weighted by molar-refractivity contribution is -0.120. The zero-order valence-corrected chi connectivity index (χ0v) is 11.8. The SMILES string of the molecule is CC(Sc1nnc(-c2ccco2)n1N)C(=O)NC1CC1.